The third-order valence-electron chi connectivity index (χ3n) is 4.81. The van der Waals surface area contributed by atoms with E-state index in [1.54, 1.807) is 0 Å². The van der Waals surface area contributed by atoms with Gasteiger partial charge in [0.1, 0.15) is 0 Å². The van der Waals surface area contributed by atoms with E-state index in [1.165, 1.54) is 0 Å². The Morgan fingerprint density at radius 1 is 1.20 bits per heavy atom. The lowest BCUT2D eigenvalue weighted by molar-refractivity contribution is -0.138. The number of rotatable bonds is 3. The SMILES string of the molecule is CC1(C2CCCO2)CCOC(C(=O)O)=C1C1CCCO1. The molecule has 2 saturated heterocycles. The molecule has 1 N–H and O–H groups in total. The number of hydrogen-bond acceptors (Lipinski definition) is 4. The number of carboxylic acid groups (broad SMARTS) is 1. The molecule has 0 aromatic rings. The Morgan fingerprint density at radius 3 is 2.55 bits per heavy atom. The molecule has 3 unspecified atom stereocenters. The van der Waals surface area contributed by atoms with Gasteiger partial charge in [-0.05, 0) is 32.1 Å². The van der Waals surface area contributed by atoms with Gasteiger partial charge in [-0.1, -0.05) is 6.92 Å². The van der Waals surface area contributed by atoms with Gasteiger partial charge >= 0.3 is 5.97 Å². The largest absolute Gasteiger partial charge is 0.486 e. The molecule has 3 heterocycles. The van der Waals surface area contributed by atoms with E-state index in [4.69, 9.17) is 14.2 Å². The zero-order valence-electron chi connectivity index (χ0n) is 11.9. The minimum Gasteiger partial charge on any atom is -0.486 e. The standard InChI is InChI=1S/C15H22O5/c1-15(11-5-3-8-19-11)6-9-20-13(14(16)17)12(15)10-4-2-7-18-10/h10-11H,2-9H2,1H3,(H,16,17). The van der Waals surface area contributed by atoms with Crippen molar-refractivity contribution < 1.29 is 24.1 Å². The molecule has 3 atom stereocenters. The molecule has 0 bridgehead atoms. The van der Waals surface area contributed by atoms with Gasteiger partial charge in [-0.15, -0.1) is 0 Å². The third-order valence-corrected chi connectivity index (χ3v) is 4.81. The van der Waals surface area contributed by atoms with Crippen LogP contribution in [0.15, 0.2) is 11.3 Å². The van der Waals surface area contributed by atoms with Crippen LogP contribution in [-0.4, -0.2) is 43.1 Å². The second kappa shape index (κ2) is 5.37. The van der Waals surface area contributed by atoms with Crippen LogP contribution >= 0.6 is 0 Å². The summed E-state index contributed by atoms with van der Waals surface area (Å²) in [6.45, 7) is 4.02. The second-order valence-electron chi connectivity index (χ2n) is 6.07. The maximum absolute atomic E-state index is 11.5. The van der Waals surface area contributed by atoms with Gasteiger partial charge in [0.2, 0.25) is 5.76 Å². The maximum atomic E-state index is 11.5. The number of aliphatic carboxylic acids is 1. The number of hydrogen-bond donors (Lipinski definition) is 1. The summed E-state index contributed by atoms with van der Waals surface area (Å²) in [4.78, 5) is 11.5. The highest BCUT2D eigenvalue weighted by Gasteiger charge is 2.49. The normalized spacial score (nSPS) is 38.0. The van der Waals surface area contributed by atoms with E-state index < -0.39 is 5.97 Å². The first-order valence-electron chi connectivity index (χ1n) is 7.47. The highest BCUT2D eigenvalue weighted by Crippen LogP contribution is 2.48. The molecule has 2 fully saturated rings. The van der Waals surface area contributed by atoms with E-state index in [0.717, 1.165) is 44.3 Å². The van der Waals surface area contributed by atoms with Crippen LogP contribution in [0.2, 0.25) is 0 Å². The van der Waals surface area contributed by atoms with Gasteiger partial charge in [0.05, 0.1) is 18.8 Å². The Kier molecular flexibility index (Phi) is 3.73. The number of ether oxygens (including phenoxy) is 3. The van der Waals surface area contributed by atoms with Crippen LogP contribution in [-0.2, 0) is 19.0 Å². The molecular formula is C15H22O5. The average Bonchev–Trinajstić information content (AvgIpc) is 3.11. The van der Waals surface area contributed by atoms with Crippen molar-refractivity contribution in [3.05, 3.63) is 11.3 Å². The van der Waals surface area contributed by atoms with Crippen LogP contribution < -0.4 is 0 Å². The fraction of sp³-hybridized carbons (Fsp3) is 0.800. The Bertz CT molecular complexity index is 418. The van der Waals surface area contributed by atoms with Crippen LogP contribution in [0, 0.1) is 5.41 Å². The molecule has 3 aliphatic rings. The molecule has 0 aromatic carbocycles. The van der Waals surface area contributed by atoms with Gasteiger partial charge in [-0.2, -0.15) is 0 Å². The van der Waals surface area contributed by atoms with E-state index >= 15 is 0 Å². The Morgan fingerprint density at radius 2 is 1.95 bits per heavy atom. The van der Waals surface area contributed by atoms with Crippen molar-refractivity contribution in [2.75, 3.05) is 19.8 Å². The summed E-state index contributed by atoms with van der Waals surface area (Å²) in [5, 5.41) is 9.46. The minimum absolute atomic E-state index is 0.0833. The summed E-state index contributed by atoms with van der Waals surface area (Å²) < 4.78 is 17.1. The molecular weight excluding hydrogens is 260 g/mol. The summed E-state index contributed by atoms with van der Waals surface area (Å²) in [7, 11) is 0. The quantitative estimate of drug-likeness (QED) is 0.859. The molecule has 3 rings (SSSR count). The second-order valence-corrected chi connectivity index (χ2v) is 6.07. The first-order valence-corrected chi connectivity index (χ1v) is 7.47. The van der Waals surface area contributed by atoms with E-state index in [-0.39, 0.29) is 23.4 Å². The van der Waals surface area contributed by atoms with Gasteiger partial charge < -0.3 is 19.3 Å². The van der Waals surface area contributed by atoms with Gasteiger partial charge in [-0.25, -0.2) is 4.79 Å². The Balaban J connectivity index is 2.01. The van der Waals surface area contributed by atoms with Crippen molar-refractivity contribution in [3.8, 4) is 0 Å². The Hall–Kier alpha value is -1.07. The van der Waals surface area contributed by atoms with Crippen LogP contribution in [0.3, 0.4) is 0 Å². The molecule has 0 saturated carbocycles. The van der Waals surface area contributed by atoms with Crippen molar-refractivity contribution in [1.82, 2.24) is 0 Å². The van der Waals surface area contributed by atoms with E-state index in [0.29, 0.717) is 13.2 Å². The lowest BCUT2D eigenvalue weighted by Gasteiger charge is -2.42. The number of carboxylic acids is 1. The zero-order chi connectivity index (χ0) is 14.2. The zero-order valence-corrected chi connectivity index (χ0v) is 11.9. The molecule has 0 aromatic heterocycles. The van der Waals surface area contributed by atoms with Crippen LogP contribution in [0.5, 0.6) is 0 Å². The first-order chi connectivity index (χ1) is 9.63. The van der Waals surface area contributed by atoms with Gasteiger partial charge in [0.25, 0.3) is 0 Å². The van der Waals surface area contributed by atoms with Crippen molar-refractivity contribution >= 4 is 5.97 Å². The molecule has 112 valence electrons. The van der Waals surface area contributed by atoms with Crippen molar-refractivity contribution in [3.63, 3.8) is 0 Å². The highest BCUT2D eigenvalue weighted by atomic mass is 16.5. The molecule has 5 heteroatoms. The summed E-state index contributed by atoms with van der Waals surface area (Å²) >= 11 is 0. The lowest BCUT2D eigenvalue weighted by Crippen LogP contribution is -2.43. The molecule has 3 aliphatic heterocycles. The highest BCUT2D eigenvalue weighted by molar-refractivity contribution is 5.86. The van der Waals surface area contributed by atoms with Gasteiger partial charge in [0.15, 0.2) is 0 Å². The first kappa shape index (κ1) is 13.9. The van der Waals surface area contributed by atoms with Crippen molar-refractivity contribution in [2.24, 2.45) is 5.41 Å². The van der Waals surface area contributed by atoms with Crippen LogP contribution in [0.25, 0.3) is 0 Å². The predicted octanol–water partition coefficient (Wildman–Crippen LogP) is 2.11. The molecule has 0 aliphatic carbocycles. The molecule has 0 spiro atoms. The summed E-state index contributed by atoms with van der Waals surface area (Å²) in [6, 6.07) is 0. The van der Waals surface area contributed by atoms with Crippen LogP contribution in [0.1, 0.15) is 39.0 Å². The van der Waals surface area contributed by atoms with E-state index in [2.05, 4.69) is 6.92 Å². The van der Waals surface area contributed by atoms with Crippen molar-refractivity contribution in [1.29, 1.82) is 0 Å². The Labute approximate surface area is 118 Å². The fourth-order valence-electron chi connectivity index (χ4n) is 3.75. The predicted molar refractivity (Wildman–Crippen MR) is 71.3 cm³/mol. The van der Waals surface area contributed by atoms with E-state index in [1.807, 2.05) is 0 Å². The van der Waals surface area contributed by atoms with E-state index in [9.17, 15) is 9.90 Å². The third kappa shape index (κ3) is 2.23. The van der Waals surface area contributed by atoms with Crippen molar-refractivity contribution in [2.45, 2.75) is 51.2 Å². The minimum atomic E-state index is -0.987. The summed E-state index contributed by atoms with van der Waals surface area (Å²) in [5.41, 5.74) is 0.540. The molecule has 0 radical (unpaired) electrons. The smallest absolute Gasteiger partial charge is 0.371 e. The van der Waals surface area contributed by atoms with Crippen LogP contribution in [0.4, 0.5) is 0 Å². The van der Waals surface area contributed by atoms with Gasteiger partial charge in [0, 0.05) is 24.2 Å². The number of carbonyl (C=O) groups is 1. The molecule has 20 heavy (non-hydrogen) atoms. The fourth-order valence-corrected chi connectivity index (χ4v) is 3.75. The topological polar surface area (TPSA) is 65.0 Å². The monoisotopic (exact) mass is 282 g/mol. The summed E-state index contributed by atoms with van der Waals surface area (Å²) in [5.74, 6) is -0.888. The molecule has 0 amide bonds. The lowest BCUT2D eigenvalue weighted by atomic mass is 9.69. The van der Waals surface area contributed by atoms with Gasteiger partial charge in [-0.3, -0.25) is 0 Å². The molecule has 5 nitrogen and oxygen atoms in total. The summed E-state index contributed by atoms with van der Waals surface area (Å²) in [6.07, 6.45) is 4.63. The average molecular weight is 282 g/mol. The maximum Gasteiger partial charge on any atom is 0.371 e.